The molecule has 0 heterocycles. The molecule has 3 rings (SSSR count). The number of hydrogen-bond donors (Lipinski definition) is 1. The normalized spacial score (nSPS) is 12.2. The van der Waals surface area contributed by atoms with Crippen LogP contribution in [0.25, 0.3) is 10.8 Å². The zero-order valence-electron chi connectivity index (χ0n) is 15.5. The Morgan fingerprint density at radius 1 is 0.962 bits per heavy atom. The molecule has 1 N–H and O–H groups in total. The summed E-state index contributed by atoms with van der Waals surface area (Å²) in [6, 6.07) is 21.9. The van der Waals surface area contributed by atoms with Gasteiger partial charge in [0.2, 0.25) is 0 Å². The van der Waals surface area contributed by atoms with Crippen LogP contribution in [-0.2, 0) is 4.79 Å². The summed E-state index contributed by atoms with van der Waals surface area (Å²) < 4.78 is 5.99. The minimum Gasteiger partial charge on any atom is -0.481 e. The summed E-state index contributed by atoms with van der Waals surface area (Å²) in [7, 11) is 0. The summed E-state index contributed by atoms with van der Waals surface area (Å²) in [4.78, 5) is 12.8. The van der Waals surface area contributed by atoms with Gasteiger partial charge in [0.1, 0.15) is 5.75 Å². The third-order valence-corrected chi connectivity index (χ3v) is 4.50. The molecule has 0 saturated heterocycles. The lowest BCUT2D eigenvalue weighted by molar-refractivity contribution is -0.122. The first kappa shape index (κ1) is 18.0. The second-order valence-electron chi connectivity index (χ2n) is 6.75. The highest BCUT2D eigenvalue weighted by molar-refractivity contribution is 5.95. The summed E-state index contributed by atoms with van der Waals surface area (Å²) in [6.45, 7) is 6.20. The number of para-hydroxylation sites is 1. The summed E-state index contributed by atoms with van der Waals surface area (Å²) in [5.41, 5.74) is 1.98. The van der Waals surface area contributed by atoms with Crippen molar-refractivity contribution in [1.29, 1.82) is 0 Å². The third-order valence-electron chi connectivity index (χ3n) is 4.50. The molecule has 0 aliphatic carbocycles. The standard InChI is InChI=1S/C23H25NO2/c1-4-22(23(25)24-21-12-8-7-11-20(21)16(2)3)26-19-14-13-17-9-5-6-10-18(17)15-19/h5-16,22H,4H2,1-3H3,(H,24,25)/t22-/m1/s1. The lowest BCUT2D eigenvalue weighted by Crippen LogP contribution is -2.32. The SMILES string of the molecule is CC[C@@H](Oc1ccc2ccccc2c1)C(=O)Nc1ccccc1C(C)C. The lowest BCUT2D eigenvalue weighted by atomic mass is 10.0. The molecule has 3 nitrogen and oxygen atoms in total. The Balaban J connectivity index is 1.76. The second kappa shape index (κ2) is 8.05. The molecule has 0 saturated carbocycles. The van der Waals surface area contributed by atoms with Crippen molar-refractivity contribution in [2.24, 2.45) is 0 Å². The van der Waals surface area contributed by atoms with E-state index >= 15 is 0 Å². The monoisotopic (exact) mass is 347 g/mol. The average molecular weight is 347 g/mol. The summed E-state index contributed by atoms with van der Waals surface area (Å²) >= 11 is 0. The fourth-order valence-electron chi connectivity index (χ4n) is 3.05. The third kappa shape index (κ3) is 4.05. The minimum atomic E-state index is -0.531. The molecule has 0 spiro atoms. The van der Waals surface area contributed by atoms with Gasteiger partial charge in [-0.2, -0.15) is 0 Å². The fraction of sp³-hybridized carbons (Fsp3) is 0.261. The molecule has 0 fully saturated rings. The zero-order valence-corrected chi connectivity index (χ0v) is 15.5. The molecule has 3 aromatic carbocycles. The van der Waals surface area contributed by atoms with Gasteiger partial charge in [0.05, 0.1) is 0 Å². The number of carbonyl (C=O) groups excluding carboxylic acids is 1. The van der Waals surface area contributed by atoms with Crippen LogP contribution < -0.4 is 10.1 Å². The zero-order chi connectivity index (χ0) is 18.5. The maximum absolute atomic E-state index is 12.8. The van der Waals surface area contributed by atoms with E-state index < -0.39 is 6.10 Å². The van der Waals surface area contributed by atoms with Gasteiger partial charge in [-0.3, -0.25) is 4.79 Å². The van der Waals surface area contributed by atoms with Crippen LogP contribution in [0.4, 0.5) is 5.69 Å². The number of hydrogen-bond acceptors (Lipinski definition) is 2. The van der Waals surface area contributed by atoms with Gasteiger partial charge in [0.25, 0.3) is 5.91 Å². The van der Waals surface area contributed by atoms with Crippen LogP contribution in [0.3, 0.4) is 0 Å². The number of fused-ring (bicyclic) bond motifs is 1. The maximum atomic E-state index is 12.8. The number of nitrogens with one attached hydrogen (secondary N) is 1. The summed E-state index contributed by atoms with van der Waals surface area (Å²) in [5, 5.41) is 5.29. The van der Waals surface area contributed by atoms with Gasteiger partial charge in [-0.05, 0) is 46.9 Å². The van der Waals surface area contributed by atoms with E-state index in [4.69, 9.17) is 4.74 Å². The van der Waals surface area contributed by atoms with Gasteiger partial charge in [-0.15, -0.1) is 0 Å². The molecule has 26 heavy (non-hydrogen) atoms. The fourth-order valence-corrected chi connectivity index (χ4v) is 3.05. The predicted octanol–water partition coefficient (Wildman–Crippen LogP) is 5.76. The van der Waals surface area contributed by atoms with Gasteiger partial charge < -0.3 is 10.1 Å². The molecule has 0 unspecified atom stereocenters. The number of rotatable bonds is 6. The highest BCUT2D eigenvalue weighted by atomic mass is 16.5. The Morgan fingerprint density at radius 2 is 1.65 bits per heavy atom. The van der Waals surface area contributed by atoms with E-state index in [1.165, 1.54) is 0 Å². The highest BCUT2D eigenvalue weighted by Gasteiger charge is 2.20. The molecule has 1 atom stereocenters. The first-order chi connectivity index (χ1) is 12.6. The van der Waals surface area contributed by atoms with Gasteiger partial charge in [0.15, 0.2) is 6.10 Å². The van der Waals surface area contributed by atoms with Crippen LogP contribution >= 0.6 is 0 Å². The number of ether oxygens (including phenoxy) is 1. The quantitative estimate of drug-likeness (QED) is 0.616. The lowest BCUT2D eigenvalue weighted by Gasteiger charge is -2.19. The Bertz CT molecular complexity index is 901. The van der Waals surface area contributed by atoms with Crippen LogP contribution in [-0.4, -0.2) is 12.0 Å². The summed E-state index contributed by atoms with van der Waals surface area (Å²) in [5.74, 6) is 0.935. The summed E-state index contributed by atoms with van der Waals surface area (Å²) in [6.07, 6.45) is 0.0686. The number of carbonyl (C=O) groups is 1. The molecule has 134 valence electrons. The van der Waals surface area contributed by atoms with Crippen molar-refractivity contribution >= 4 is 22.4 Å². The van der Waals surface area contributed by atoms with Crippen molar-refractivity contribution in [2.45, 2.75) is 39.2 Å². The number of anilines is 1. The van der Waals surface area contributed by atoms with Crippen molar-refractivity contribution < 1.29 is 9.53 Å². The van der Waals surface area contributed by atoms with E-state index in [2.05, 4.69) is 25.2 Å². The van der Waals surface area contributed by atoms with Crippen LogP contribution in [0.1, 0.15) is 38.7 Å². The van der Waals surface area contributed by atoms with E-state index in [-0.39, 0.29) is 5.91 Å². The number of benzene rings is 3. The van der Waals surface area contributed by atoms with Gasteiger partial charge >= 0.3 is 0 Å². The molecule has 1 amide bonds. The Labute approximate surface area is 155 Å². The Morgan fingerprint density at radius 3 is 2.38 bits per heavy atom. The average Bonchev–Trinajstić information content (AvgIpc) is 2.66. The van der Waals surface area contributed by atoms with E-state index in [0.717, 1.165) is 22.0 Å². The van der Waals surface area contributed by atoms with Gasteiger partial charge in [-0.1, -0.05) is 69.3 Å². The van der Waals surface area contributed by atoms with Crippen molar-refractivity contribution in [1.82, 2.24) is 0 Å². The van der Waals surface area contributed by atoms with Crippen LogP contribution in [0.5, 0.6) is 5.75 Å². The first-order valence-corrected chi connectivity index (χ1v) is 9.13. The van der Waals surface area contributed by atoms with Gasteiger partial charge in [-0.25, -0.2) is 0 Å². The van der Waals surface area contributed by atoms with E-state index in [0.29, 0.717) is 18.1 Å². The van der Waals surface area contributed by atoms with Crippen LogP contribution in [0.15, 0.2) is 66.7 Å². The molecule has 0 bridgehead atoms. The highest BCUT2D eigenvalue weighted by Crippen LogP contribution is 2.25. The molecular formula is C23H25NO2. The van der Waals surface area contributed by atoms with E-state index in [1.54, 1.807) is 0 Å². The molecule has 3 heteroatoms. The molecule has 3 aromatic rings. The second-order valence-corrected chi connectivity index (χ2v) is 6.75. The molecule has 0 aromatic heterocycles. The molecule has 0 aliphatic heterocycles. The van der Waals surface area contributed by atoms with Crippen molar-refractivity contribution in [3.63, 3.8) is 0 Å². The van der Waals surface area contributed by atoms with Crippen LogP contribution in [0.2, 0.25) is 0 Å². The molecule has 0 aliphatic rings. The van der Waals surface area contributed by atoms with Gasteiger partial charge in [0, 0.05) is 5.69 Å². The molecule has 0 radical (unpaired) electrons. The van der Waals surface area contributed by atoms with E-state index in [1.807, 2.05) is 67.6 Å². The topological polar surface area (TPSA) is 38.3 Å². The first-order valence-electron chi connectivity index (χ1n) is 9.13. The Kier molecular flexibility index (Phi) is 5.57. The predicted molar refractivity (Wildman–Crippen MR) is 108 cm³/mol. The number of amides is 1. The molecular weight excluding hydrogens is 322 g/mol. The Hall–Kier alpha value is -2.81. The van der Waals surface area contributed by atoms with E-state index in [9.17, 15) is 4.79 Å². The minimum absolute atomic E-state index is 0.117. The van der Waals surface area contributed by atoms with Crippen molar-refractivity contribution in [3.05, 3.63) is 72.3 Å². The van der Waals surface area contributed by atoms with Crippen molar-refractivity contribution in [3.8, 4) is 5.75 Å². The maximum Gasteiger partial charge on any atom is 0.265 e. The van der Waals surface area contributed by atoms with Crippen LogP contribution in [0, 0.1) is 0 Å². The largest absolute Gasteiger partial charge is 0.481 e. The van der Waals surface area contributed by atoms with Crippen molar-refractivity contribution in [2.75, 3.05) is 5.32 Å². The smallest absolute Gasteiger partial charge is 0.265 e.